The number of nitrogens with zero attached hydrogens (tertiary/aromatic N) is 1. The third kappa shape index (κ3) is 3.05. The molecule has 6 aliphatic rings. The zero-order valence-corrected chi connectivity index (χ0v) is 21.2. The number of aliphatic carboxylic acids is 1. The molecular formula is C27H34NO10+. The average Bonchev–Trinajstić information content (AvgIpc) is 3.60. The molecule has 0 amide bonds. The number of likely N-dealkylation sites (tertiary alicyclic amines) is 1. The molecule has 3 aliphatic heterocycles. The second kappa shape index (κ2) is 7.89. The molecule has 1 unspecified atom stereocenters. The summed E-state index contributed by atoms with van der Waals surface area (Å²) in [5, 5.41) is 52.7. The third-order valence-corrected chi connectivity index (χ3v) is 10.3. The van der Waals surface area contributed by atoms with Crippen molar-refractivity contribution in [3.8, 4) is 11.5 Å². The maximum absolute atomic E-state index is 13.3. The van der Waals surface area contributed by atoms with Crippen LogP contribution in [-0.2, 0) is 26.2 Å². The molecule has 2 saturated heterocycles. The van der Waals surface area contributed by atoms with Gasteiger partial charge in [-0.05, 0) is 30.9 Å². The van der Waals surface area contributed by atoms with Gasteiger partial charge in [-0.2, -0.15) is 0 Å². The highest BCUT2D eigenvalue weighted by Gasteiger charge is 2.76. The lowest BCUT2D eigenvalue weighted by Gasteiger charge is -2.64. The zero-order valence-electron chi connectivity index (χ0n) is 21.2. The molecule has 2 bridgehead atoms. The molecule has 11 nitrogen and oxygen atoms in total. The number of ketones is 1. The number of carboxylic acids is 1. The van der Waals surface area contributed by atoms with Gasteiger partial charge in [0.05, 0.1) is 25.6 Å². The van der Waals surface area contributed by atoms with Crippen molar-refractivity contribution in [2.75, 3.05) is 20.1 Å². The molecule has 1 aromatic carbocycles. The molecule has 5 N–H and O–H groups in total. The fraction of sp³-hybridized carbons (Fsp3) is 0.704. The fourth-order valence-electron chi connectivity index (χ4n) is 8.30. The average molecular weight is 533 g/mol. The minimum absolute atomic E-state index is 0.0693. The molecular weight excluding hydrogens is 498 g/mol. The summed E-state index contributed by atoms with van der Waals surface area (Å²) in [5.41, 5.74) is -0.310. The lowest BCUT2D eigenvalue weighted by Crippen LogP contribution is -2.80. The van der Waals surface area contributed by atoms with Crippen molar-refractivity contribution in [2.24, 2.45) is 5.92 Å². The maximum Gasteiger partial charge on any atom is 0.335 e. The van der Waals surface area contributed by atoms with Gasteiger partial charge in [-0.25, -0.2) is 4.79 Å². The van der Waals surface area contributed by atoms with Gasteiger partial charge in [0.1, 0.15) is 30.0 Å². The summed E-state index contributed by atoms with van der Waals surface area (Å²) in [6.45, 7) is 1.83. The molecule has 1 spiro atoms. The molecule has 4 fully saturated rings. The largest absolute Gasteiger partial charge is 0.479 e. The van der Waals surface area contributed by atoms with E-state index in [0.717, 1.165) is 28.7 Å². The predicted molar refractivity (Wildman–Crippen MR) is 127 cm³/mol. The van der Waals surface area contributed by atoms with Gasteiger partial charge in [0, 0.05) is 30.7 Å². The standard InChI is InChI=1S/C27H33NO10/c1-28(11-12-2-3-12)9-8-26-17-13-4-5-15(36-25-20(32)18(30)19(31)22(38-25)24(33)34)21(17)37-23(26)14(29)6-7-27(26,35)16(28)10-13/h4-5,12,16,18-20,22-23,25,30-32,35H,2-3,6-11H2,1H3/p+1/t16-,18+,19+,20-,22+,23?,25-,26+,27-,28-/m1/s1. The van der Waals surface area contributed by atoms with Crippen LogP contribution in [-0.4, -0.2) is 110 Å². The molecule has 2 saturated carbocycles. The highest BCUT2D eigenvalue weighted by atomic mass is 16.7. The predicted octanol–water partition coefficient (Wildman–Crippen LogP) is -0.765. The van der Waals surface area contributed by atoms with Crippen molar-refractivity contribution >= 4 is 11.8 Å². The van der Waals surface area contributed by atoms with E-state index in [9.17, 15) is 35.1 Å². The number of rotatable bonds is 5. The van der Waals surface area contributed by atoms with E-state index in [2.05, 4.69) is 7.05 Å². The molecule has 3 aliphatic carbocycles. The third-order valence-electron chi connectivity index (χ3n) is 10.3. The number of benzene rings is 1. The molecule has 0 radical (unpaired) electrons. The van der Waals surface area contributed by atoms with Gasteiger partial charge in [-0.1, -0.05) is 6.07 Å². The van der Waals surface area contributed by atoms with E-state index in [1.807, 2.05) is 6.07 Å². The van der Waals surface area contributed by atoms with E-state index >= 15 is 0 Å². The Kier molecular flexibility index (Phi) is 5.14. The van der Waals surface area contributed by atoms with Crippen molar-refractivity contribution in [3.63, 3.8) is 0 Å². The summed E-state index contributed by atoms with van der Waals surface area (Å²) in [5.74, 6) is -0.485. The topological polar surface area (TPSA) is 163 Å². The molecule has 0 aromatic heterocycles. The van der Waals surface area contributed by atoms with Gasteiger partial charge in [0.25, 0.3) is 0 Å². The van der Waals surface area contributed by atoms with Crippen molar-refractivity contribution in [2.45, 2.75) is 92.4 Å². The van der Waals surface area contributed by atoms with E-state index in [1.165, 1.54) is 12.8 Å². The Balaban J connectivity index is 1.30. The molecule has 7 rings (SSSR count). The number of aliphatic hydroxyl groups is 4. The van der Waals surface area contributed by atoms with Crippen molar-refractivity contribution in [3.05, 3.63) is 23.3 Å². The van der Waals surface area contributed by atoms with Crippen LogP contribution < -0.4 is 9.47 Å². The van der Waals surface area contributed by atoms with Gasteiger partial charge >= 0.3 is 5.97 Å². The zero-order chi connectivity index (χ0) is 26.8. The van der Waals surface area contributed by atoms with Crippen LogP contribution in [0.2, 0.25) is 0 Å². The monoisotopic (exact) mass is 532 g/mol. The Morgan fingerprint density at radius 1 is 1.16 bits per heavy atom. The number of aliphatic hydroxyl groups excluding tert-OH is 3. The van der Waals surface area contributed by atoms with Gasteiger partial charge in [0.15, 0.2) is 29.5 Å². The fourth-order valence-corrected chi connectivity index (χ4v) is 8.30. The first-order valence-corrected chi connectivity index (χ1v) is 13.5. The van der Waals surface area contributed by atoms with E-state index < -0.39 is 53.8 Å². The van der Waals surface area contributed by atoms with Crippen molar-refractivity contribution in [1.82, 2.24) is 0 Å². The van der Waals surface area contributed by atoms with Crippen LogP contribution in [0, 0.1) is 5.92 Å². The Bertz CT molecular complexity index is 1220. The number of hydrogen-bond donors (Lipinski definition) is 5. The summed E-state index contributed by atoms with van der Waals surface area (Å²) in [7, 11) is 2.23. The van der Waals surface area contributed by atoms with Crippen molar-refractivity contribution in [1.29, 1.82) is 0 Å². The number of carbonyl (C=O) groups is 2. The van der Waals surface area contributed by atoms with Crippen molar-refractivity contribution < 1.29 is 53.8 Å². The molecule has 1 aromatic rings. The Hall–Kier alpha value is -2.28. The summed E-state index contributed by atoms with van der Waals surface area (Å²) >= 11 is 0. The summed E-state index contributed by atoms with van der Waals surface area (Å²) in [6.07, 6.45) is -5.42. The number of likely N-dealkylation sites (N-methyl/N-ethyl adjacent to an activating group) is 1. The second-order valence-corrected chi connectivity index (χ2v) is 12.4. The van der Waals surface area contributed by atoms with Crippen LogP contribution >= 0.6 is 0 Å². The van der Waals surface area contributed by atoms with Crippen LogP contribution in [0.15, 0.2) is 12.1 Å². The van der Waals surface area contributed by atoms with Crippen LogP contribution in [0.4, 0.5) is 0 Å². The first-order chi connectivity index (χ1) is 18.0. The molecule has 206 valence electrons. The lowest BCUT2D eigenvalue weighted by molar-refractivity contribution is -0.950. The molecule has 11 heteroatoms. The minimum Gasteiger partial charge on any atom is -0.479 e. The van der Waals surface area contributed by atoms with Gasteiger partial charge < -0.3 is 44.2 Å². The molecule has 10 atom stereocenters. The van der Waals surface area contributed by atoms with Crippen LogP contribution in [0.25, 0.3) is 0 Å². The molecule has 38 heavy (non-hydrogen) atoms. The van der Waals surface area contributed by atoms with E-state index in [1.54, 1.807) is 6.07 Å². The van der Waals surface area contributed by atoms with Crippen LogP contribution in [0.5, 0.6) is 11.5 Å². The molecule has 3 heterocycles. The SMILES string of the molecule is C[N@+]1(CC2CC2)CC[C@]23c4c5ccc(O[C@@H]6O[C@H](C(=O)O)[C@@H](O)[C@H](O)[C@H]6O)c4OC2C(=O)CC[C@@]3(O)[C@H]1C5. The number of piperidine rings is 1. The number of carbonyl (C=O) groups excluding carboxylic acids is 1. The highest BCUT2D eigenvalue weighted by molar-refractivity contribution is 5.90. The van der Waals surface area contributed by atoms with E-state index in [0.29, 0.717) is 30.9 Å². The summed E-state index contributed by atoms with van der Waals surface area (Å²) < 4.78 is 18.3. The number of quaternary nitrogens is 1. The van der Waals surface area contributed by atoms with Gasteiger partial charge in [-0.3, -0.25) is 4.79 Å². The smallest absolute Gasteiger partial charge is 0.335 e. The Morgan fingerprint density at radius 2 is 1.92 bits per heavy atom. The Morgan fingerprint density at radius 3 is 2.63 bits per heavy atom. The lowest BCUT2D eigenvalue weighted by atomic mass is 9.48. The first kappa shape index (κ1) is 24.7. The number of Topliss-reactive ketones (excluding diaryl/α,β-unsaturated/α-hetero) is 1. The van der Waals surface area contributed by atoms with Crippen LogP contribution in [0.1, 0.15) is 43.2 Å². The Labute approximate surface area is 219 Å². The quantitative estimate of drug-likeness (QED) is 0.305. The number of carboxylic acid groups (broad SMARTS) is 1. The van der Waals surface area contributed by atoms with Gasteiger partial charge in [-0.15, -0.1) is 0 Å². The maximum atomic E-state index is 13.3. The van der Waals surface area contributed by atoms with Gasteiger partial charge in [0.2, 0.25) is 6.29 Å². The van der Waals surface area contributed by atoms with Crippen LogP contribution in [0.3, 0.4) is 0 Å². The summed E-state index contributed by atoms with van der Waals surface area (Å²) in [4.78, 5) is 24.8. The summed E-state index contributed by atoms with van der Waals surface area (Å²) in [6, 6.07) is 3.45. The second-order valence-electron chi connectivity index (χ2n) is 12.4. The number of hydrogen-bond acceptors (Lipinski definition) is 9. The number of ether oxygens (including phenoxy) is 3. The minimum atomic E-state index is -1.84. The first-order valence-electron chi connectivity index (χ1n) is 13.5. The van der Waals surface area contributed by atoms with E-state index in [4.69, 9.17) is 14.2 Å². The normalized spacial score (nSPS) is 46.8. The van der Waals surface area contributed by atoms with E-state index in [-0.39, 0.29) is 24.0 Å². The highest BCUT2D eigenvalue weighted by Crippen LogP contribution is 2.66.